The number of rotatable bonds is 7. The van der Waals surface area contributed by atoms with E-state index in [2.05, 4.69) is 49.5 Å². The number of benzene rings is 2. The smallest absolute Gasteiger partial charge is 0.120 e. The molecule has 2 nitrogen and oxygen atoms in total. The molecule has 0 aliphatic rings. The molecule has 112 valence electrons. The fourth-order valence-electron chi connectivity index (χ4n) is 2.45. The Morgan fingerprint density at radius 3 is 2.43 bits per heavy atom. The van der Waals surface area contributed by atoms with Gasteiger partial charge in [0.25, 0.3) is 0 Å². The van der Waals surface area contributed by atoms with Crippen molar-refractivity contribution in [2.24, 2.45) is 5.92 Å². The summed E-state index contributed by atoms with van der Waals surface area (Å²) < 4.78 is 5.90. The predicted molar refractivity (Wildman–Crippen MR) is 88.5 cm³/mol. The average molecular weight is 283 g/mol. The molecule has 1 atom stereocenters. The molecule has 0 spiro atoms. The predicted octanol–water partition coefficient (Wildman–Crippen LogP) is 4.57. The molecule has 0 bridgehead atoms. The summed E-state index contributed by atoms with van der Waals surface area (Å²) in [4.78, 5) is 0. The molecular weight excluding hydrogens is 258 g/mol. The number of ether oxygens (including phenoxy) is 1. The second kappa shape index (κ2) is 7.84. The van der Waals surface area contributed by atoms with E-state index in [1.165, 1.54) is 11.1 Å². The van der Waals surface area contributed by atoms with E-state index in [1.807, 2.05) is 31.3 Å². The second-order valence-corrected chi connectivity index (χ2v) is 5.82. The van der Waals surface area contributed by atoms with Crippen LogP contribution in [-0.4, -0.2) is 7.05 Å². The van der Waals surface area contributed by atoms with E-state index in [-0.39, 0.29) is 0 Å². The summed E-state index contributed by atoms with van der Waals surface area (Å²) in [5.41, 5.74) is 2.48. The van der Waals surface area contributed by atoms with Crippen molar-refractivity contribution in [1.82, 2.24) is 5.32 Å². The van der Waals surface area contributed by atoms with Gasteiger partial charge in [-0.05, 0) is 42.6 Å². The van der Waals surface area contributed by atoms with E-state index < -0.39 is 0 Å². The Morgan fingerprint density at radius 2 is 1.76 bits per heavy atom. The van der Waals surface area contributed by atoms with Crippen molar-refractivity contribution in [1.29, 1.82) is 0 Å². The van der Waals surface area contributed by atoms with E-state index in [0.29, 0.717) is 18.6 Å². The highest BCUT2D eigenvalue weighted by atomic mass is 16.5. The SMILES string of the molecule is CNC(CC(C)C)c1cccc(OCc2ccccc2)c1. The minimum atomic E-state index is 0.380. The fraction of sp³-hybridized carbons (Fsp3) is 0.368. The zero-order chi connectivity index (χ0) is 15.1. The summed E-state index contributed by atoms with van der Waals surface area (Å²) in [6.45, 7) is 5.11. The average Bonchev–Trinajstić information content (AvgIpc) is 2.52. The van der Waals surface area contributed by atoms with Gasteiger partial charge in [-0.1, -0.05) is 56.3 Å². The molecule has 2 aromatic rings. The number of hydrogen-bond donors (Lipinski definition) is 1. The number of nitrogens with one attached hydrogen (secondary N) is 1. The normalized spacial score (nSPS) is 12.4. The third kappa shape index (κ3) is 4.91. The highest BCUT2D eigenvalue weighted by Gasteiger charge is 2.11. The maximum Gasteiger partial charge on any atom is 0.120 e. The summed E-state index contributed by atoms with van der Waals surface area (Å²) in [6, 6.07) is 19.0. The second-order valence-electron chi connectivity index (χ2n) is 5.82. The molecule has 0 saturated heterocycles. The van der Waals surface area contributed by atoms with Crippen molar-refractivity contribution < 1.29 is 4.74 Å². The fourth-order valence-corrected chi connectivity index (χ4v) is 2.45. The van der Waals surface area contributed by atoms with E-state index >= 15 is 0 Å². The first kappa shape index (κ1) is 15.6. The lowest BCUT2D eigenvalue weighted by Crippen LogP contribution is -2.18. The van der Waals surface area contributed by atoms with Crippen LogP contribution in [0.25, 0.3) is 0 Å². The van der Waals surface area contributed by atoms with Gasteiger partial charge in [0.2, 0.25) is 0 Å². The van der Waals surface area contributed by atoms with Crippen LogP contribution >= 0.6 is 0 Å². The molecular formula is C19H25NO. The van der Waals surface area contributed by atoms with Gasteiger partial charge in [0.1, 0.15) is 12.4 Å². The van der Waals surface area contributed by atoms with Crippen LogP contribution in [0.1, 0.15) is 37.4 Å². The van der Waals surface area contributed by atoms with Crippen LogP contribution in [0.4, 0.5) is 0 Å². The van der Waals surface area contributed by atoms with Gasteiger partial charge in [-0.25, -0.2) is 0 Å². The Bertz CT molecular complexity index is 536. The summed E-state index contributed by atoms with van der Waals surface area (Å²) in [5.74, 6) is 1.59. The van der Waals surface area contributed by atoms with Crippen molar-refractivity contribution in [3.05, 3.63) is 65.7 Å². The quantitative estimate of drug-likeness (QED) is 0.803. The molecule has 0 radical (unpaired) electrons. The van der Waals surface area contributed by atoms with Gasteiger partial charge in [-0.3, -0.25) is 0 Å². The lowest BCUT2D eigenvalue weighted by molar-refractivity contribution is 0.305. The molecule has 0 aliphatic carbocycles. The van der Waals surface area contributed by atoms with Crippen LogP contribution in [-0.2, 0) is 6.61 Å². The molecule has 0 heterocycles. The molecule has 1 unspecified atom stereocenters. The van der Waals surface area contributed by atoms with Gasteiger partial charge in [0, 0.05) is 6.04 Å². The molecule has 21 heavy (non-hydrogen) atoms. The lowest BCUT2D eigenvalue weighted by atomic mass is 9.97. The zero-order valence-electron chi connectivity index (χ0n) is 13.2. The summed E-state index contributed by atoms with van der Waals surface area (Å²) in [5, 5.41) is 3.40. The molecule has 1 N–H and O–H groups in total. The number of hydrogen-bond acceptors (Lipinski definition) is 2. The molecule has 0 amide bonds. The Balaban J connectivity index is 2.03. The third-order valence-corrected chi connectivity index (χ3v) is 3.56. The Kier molecular flexibility index (Phi) is 5.82. The molecule has 2 rings (SSSR count). The Labute approximate surface area is 128 Å². The Hall–Kier alpha value is -1.80. The summed E-state index contributed by atoms with van der Waals surface area (Å²) in [7, 11) is 2.02. The van der Waals surface area contributed by atoms with Gasteiger partial charge in [-0.2, -0.15) is 0 Å². The molecule has 0 aliphatic heterocycles. The highest BCUT2D eigenvalue weighted by Crippen LogP contribution is 2.24. The Morgan fingerprint density at radius 1 is 1.00 bits per heavy atom. The first-order valence-corrected chi connectivity index (χ1v) is 7.63. The molecule has 0 saturated carbocycles. The van der Waals surface area contributed by atoms with Crippen molar-refractivity contribution in [2.45, 2.75) is 32.9 Å². The van der Waals surface area contributed by atoms with Crippen molar-refractivity contribution in [3.63, 3.8) is 0 Å². The van der Waals surface area contributed by atoms with Crippen LogP contribution in [0.5, 0.6) is 5.75 Å². The first-order chi connectivity index (χ1) is 10.2. The van der Waals surface area contributed by atoms with Crippen LogP contribution in [0.3, 0.4) is 0 Å². The first-order valence-electron chi connectivity index (χ1n) is 7.63. The van der Waals surface area contributed by atoms with Gasteiger partial charge in [-0.15, -0.1) is 0 Å². The molecule has 2 aromatic carbocycles. The van der Waals surface area contributed by atoms with E-state index in [9.17, 15) is 0 Å². The summed E-state index contributed by atoms with van der Waals surface area (Å²) >= 11 is 0. The van der Waals surface area contributed by atoms with E-state index in [1.54, 1.807) is 0 Å². The molecule has 0 aromatic heterocycles. The summed E-state index contributed by atoms with van der Waals surface area (Å²) in [6.07, 6.45) is 1.12. The lowest BCUT2D eigenvalue weighted by Gasteiger charge is -2.19. The minimum Gasteiger partial charge on any atom is -0.489 e. The maximum atomic E-state index is 5.90. The van der Waals surface area contributed by atoms with Crippen molar-refractivity contribution in [3.8, 4) is 5.75 Å². The molecule has 2 heteroatoms. The van der Waals surface area contributed by atoms with Gasteiger partial charge < -0.3 is 10.1 Å². The van der Waals surface area contributed by atoms with E-state index in [0.717, 1.165) is 12.2 Å². The maximum absolute atomic E-state index is 5.90. The largest absolute Gasteiger partial charge is 0.489 e. The monoisotopic (exact) mass is 283 g/mol. The topological polar surface area (TPSA) is 21.3 Å². The minimum absolute atomic E-state index is 0.380. The highest BCUT2D eigenvalue weighted by molar-refractivity contribution is 5.31. The third-order valence-electron chi connectivity index (χ3n) is 3.56. The van der Waals surface area contributed by atoms with Crippen LogP contribution in [0.2, 0.25) is 0 Å². The zero-order valence-corrected chi connectivity index (χ0v) is 13.2. The van der Waals surface area contributed by atoms with Crippen molar-refractivity contribution >= 4 is 0 Å². The standard InChI is InChI=1S/C19H25NO/c1-15(2)12-19(20-3)17-10-7-11-18(13-17)21-14-16-8-5-4-6-9-16/h4-11,13,15,19-20H,12,14H2,1-3H3. The van der Waals surface area contributed by atoms with E-state index in [4.69, 9.17) is 4.74 Å². The molecule has 0 fully saturated rings. The van der Waals surface area contributed by atoms with Crippen LogP contribution in [0, 0.1) is 5.92 Å². The van der Waals surface area contributed by atoms with Gasteiger partial charge in [0.05, 0.1) is 0 Å². The van der Waals surface area contributed by atoms with Gasteiger partial charge >= 0.3 is 0 Å². The van der Waals surface area contributed by atoms with Gasteiger partial charge in [0.15, 0.2) is 0 Å². The van der Waals surface area contributed by atoms with Crippen LogP contribution in [0.15, 0.2) is 54.6 Å². The van der Waals surface area contributed by atoms with Crippen molar-refractivity contribution in [2.75, 3.05) is 7.05 Å². The van der Waals surface area contributed by atoms with Crippen LogP contribution < -0.4 is 10.1 Å².